The molecule has 1 aromatic heterocycles. The second-order valence-electron chi connectivity index (χ2n) is 7.10. The van der Waals surface area contributed by atoms with Gasteiger partial charge in [-0.05, 0) is 54.4 Å². The molecule has 3 rings (SSSR count). The number of nitrogens with zero attached hydrogens (tertiary/aromatic N) is 2. The number of likely N-dealkylation sites (tertiary alicyclic amines) is 1. The van der Waals surface area contributed by atoms with E-state index in [0.717, 1.165) is 38.2 Å². The van der Waals surface area contributed by atoms with Crippen molar-refractivity contribution in [2.45, 2.75) is 32.3 Å². The Morgan fingerprint density at radius 1 is 1.28 bits per heavy atom. The van der Waals surface area contributed by atoms with Crippen LogP contribution in [0.15, 0.2) is 46.8 Å². The van der Waals surface area contributed by atoms with E-state index in [1.807, 2.05) is 0 Å². The van der Waals surface area contributed by atoms with Crippen LogP contribution < -0.4 is 15.8 Å². The molecule has 2 heterocycles. The van der Waals surface area contributed by atoms with Crippen molar-refractivity contribution in [2.24, 2.45) is 16.6 Å². The van der Waals surface area contributed by atoms with Gasteiger partial charge in [0.15, 0.2) is 5.96 Å². The second-order valence-corrected chi connectivity index (χ2v) is 8.13. The number of halogens is 3. The predicted molar refractivity (Wildman–Crippen MR) is 109 cm³/mol. The number of alkyl halides is 3. The summed E-state index contributed by atoms with van der Waals surface area (Å²) in [6.45, 7) is 4.19. The first-order chi connectivity index (χ1) is 13.9. The van der Waals surface area contributed by atoms with E-state index in [9.17, 15) is 13.2 Å². The highest BCUT2D eigenvalue weighted by molar-refractivity contribution is 7.09. The maximum atomic E-state index is 12.2. The van der Waals surface area contributed by atoms with E-state index < -0.39 is 6.36 Å². The number of rotatable bonds is 7. The fourth-order valence-electron chi connectivity index (χ4n) is 3.36. The summed E-state index contributed by atoms with van der Waals surface area (Å²) >= 11 is 1.78. The Morgan fingerprint density at radius 2 is 2.07 bits per heavy atom. The van der Waals surface area contributed by atoms with Crippen LogP contribution in [0.4, 0.5) is 13.2 Å². The summed E-state index contributed by atoms with van der Waals surface area (Å²) in [5.74, 6) is 0.605. The van der Waals surface area contributed by atoms with Crippen molar-refractivity contribution < 1.29 is 17.9 Å². The number of thiophene rings is 1. The van der Waals surface area contributed by atoms with Crippen molar-refractivity contribution in [1.82, 2.24) is 10.2 Å². The van der Waals surface area contributed by atoms with Gasteiger partial charge in [-0.1, -0.05) is 18.2 Å². The first-order valence-corrected chi connectivity index (χ1v) is 10.4. The smallest absolute Gasteiger partial charge is 0.406 e. The van der Waals surface area contributed by atoms with Gasteiger partial charge in [0.1, 0.15) is 5.75 Å². The minimum absolute atomic E-state index is 0.249. The van der Waals surface area contributed by atoms with Crippen molar-refractivity contribution in [1.29, 1.82) is 0 Å². The van der Waals surface area contributed by atoms with Gasteiger partial charge >= 0.3 is 6.36 Å². The number of aliphatic imine (C=N–C) groups is 1. The zero-order valence-corrected chi connectivity index (χ0v) is 16.8. The largest absolute Gasteiger partial charge is 0.573 e. The summed E-state index contributed by atoms with van der Waals surface area (Å²) in [6.07, 6.45) is -2.37. The summed E-state index contributed by atoms with van der Waals surface area (Å²) < 4.78 is 40.4. The van der Waals surface area contributed by atoms with Crippen LogP contribution in [0.1, 0.15) is 23.3 Å². The van der Waals surface area contributed by atoms with Crippen LogP contribution in [0.25, 0.3) is 0 Å². The predicted octanol–water partition coefficient (Wildman–Crippen LogP) is 3.96. The summed E-state index contributed by atoms with van der Waals surface area (Å²) in [6, 6.07) is 9.87. The maximum Gasteiger partial charge on any atom is 0.573 e. The van der Waals surface area contributed by atoms with Crippen LogP contribution in [0.2, 0.25) is 0 Å². The number of hydrogen-bond acceptors (Lipinski definition) is 4. The molecule has 3 N–H and O–H groups in total. The van der Waals surface area contributed by atoms with E-state index in [2.05, 4.69) is 37.5 Å². The first-order valence-electron chi connectivity index (χ1n) is 9.50. The van der Waals surface area contributed by atoms with Crippen molar-refractivity contribution in [3.63, 3.8) is 0 Å². The van der Waals surface area contributed by atoms with E-state index in [1.165, 1.54) is 23.4 Å². The molecule has 1 aromatic carbocycles. The van der Waals surface area contributed by atoms with E-state index in [1.54, 1.807) is 23.5 Å². The molecule has 0 spiro atoms. The number of guanidine groups is 1. The van der Waals surface area contributed by atoms with Crippen LogP contribution in [-0.2, 0) is 13.1 Å². The highest BCUT2D eigenvalue weighted by Crippen LogP contribution is 2.23. The van der Waals surface area contributed by atoms with Gasteiger partial charge in [0.25, 0.3) is 0 Å². The molecule has 1 saturated heterocycles. The van der Waals surface area contributed by atoms with Crippen molar-refractivity contribution in [2.75, 3.05) is 19.6 Å². The maximum absolute atomic E-state index is 12.2. The van der Waals surface area contributed by atoms with Gasteiger partial charge in [-0.3, -0.25) is 4.90 Å². The van der Waals surface area contributed by atoms with Gasteiger partial charge in [0.2, 0.25) is 0 Å². The SMILES string of the molecule is NC(=NCc1ccc(OC(F)(F)F)cc1)NCC1CCCN(Cc2cccs2)C1. The second kappa shape index (κ2) is 9.98. The highest BCUT2D eigenvalue weighted by Gasteiger charge is 2.30. The fraction of sp³-hybridized carbons (Fsp3) is 0.450. The molecular formula is C20H25F3N4OS. The van der Waals surface area contributed by atoms with E-state index in [0.29, 0.717) is 18.4 Å². The van der Waals surface area contributed by atoms with Gasteiger partial charge in [0, 0.05) is 24.5 Å². The molecule has 1 aliphatic rings. The zero-order valence-electron chi connectivity index (χ0n) is 16.0. The number of hydrogen-bond donors (Lipinski definition) is 2. The minimum atomic E-state index is -4.69. The van der Waals surface area contributed by atoms with Gasteiger partial charge < -0.3 is 15.8 Å². The van der Waals surface area contributed by atoms with E-state index in [-0.39, 0.29) is 5.75 Å². The Hall–Kier alpha value is -2.26. The molecule has 1 fully saturated rings. The lowest BCUT2D eigenvalue weighted by Crippen LogP contribution is -2.42. The molecule has 1 unspecified atom stereocenters. The third-order valence-corrected chi connectivity index (χ3v) is 5.58. The van der Waals surface area contributed by atoms with Crippen LogP contribution >= 0.6 is 11.3 Å². The number of piperidine rings is 1. The first kappa shape index (κ1) is 21.4. The summed E-state index contributed by atoms with van der Waals surface area (Å²) in [4.78, 5) is 8.12. The van der Waals surface area contributed by atoms with Crippen molar-refractivity contribution in [3.8, 4) is 5.75 Å². The molecule has 29 heavy (non-hydrogen) atoms. The van der Waals surface area contributed by atoms with Gasteiger partial charge in [-0.25, -0.2) is 4.99 Å². The van der Waals surface area contributed by atoms with Crippen molar-refractivity contribution >= 4 is 17.3 Å². The molecular weight excluding hydrogens is 401 g/mol. The quantitative estimate of drug-likeness (QED) is 0.520. The summed E-state index contributed by atoms with van der Waals surface area (Å²) in [5, 5.41) is 5.28. The average Bonchev–Trinajstić information content (AvgIpc) is 3.18. The van der Waals surface area contributed by atoms with Crippen LogP contribution in [0, 0.1) is 5.92 Å². The van der Waals surface area contributed by atoms with Crippen LogP contribution in [0.5, 0.6) is 5.75 Å². The third-order valence-electron chi connectivity index (χ3n) is 4.72. The monoisotopic (exact) mass is 426 g/mol. The Bertz CT molecular complexity index is 778. The lowest BCUT2D eigenvalue weighted by atomic mass is 9.98. The Morgan fingerprint density at radius 3 is 2.76 bits per heavy atom. The Labute approximate surface area is 172 Å². The van der Waals surface area contributed by atoms with Crippen LogP contribution in [-0.4, -0.2) is 36.9 Å². The number of nitrogens with two attached hydrogens (primary N) is 1. The Kier molecular flexibility index (Phi) is 7.38. The molecule has 2 aromatic rings. The number of nitrogens with one attached hydrogen (secondary N) is 1. The topological polar surface area (TPSA) is 62.9 Å². The minimum Gasteiger partial charge on any atom is -0.406 e. The molecule has 9 heteroatoms. The molecule has 0 bridgehead atoms. The van der Waals surface area contributed by atoms with E-state index in [4.69, 9.17) is 5.73 Å². The lowest BCUT2D eigenvalue weighted by Gasteiger charge is -2.32. The highest BCUT2D eigenvalue weighted by atomic mass is 32.1. The molecule has 5 nitrogen and oxygen atoms in total. The van der Waals surface area contributed by atoms with Gasteiger partial charge in [0.05, 0.1) is 6.54 Å². The average molecular weight is 427 g/mol. The molecule has 0 saturated carbocycles. The van der Waals surface area contributed by atoms with Gasteiger partial charge in [-0.2, -0.15) is 0 Å². The normalized spacial score (nSPS) is 18.6. The van der Waals surface area contributed by atoms with Crippen LogP contribution in [0.3, 0.4) is 0 Å². The lowest BCUT2D eigenvalue weighted by molar-refractivity contribution is -0.274. The molecule has 158 valence electrons. The fourth-order valence-corrected chi connectivity index (χ4v) is 4.11. The molecule has 0 radical (unpaired) electrons. The summed E-state index contributed by atoms with van der Waals surface area (Å²) in [5.41, 5.74) is 6.70. The Balaban J connectivity index is 1.41. The molecule has 1 aliphatic heterocycles. The van der Waals surface area contributed by atoms with E-state index >= 15 is 0 Å². The third kappa shape index (κ3) is 7.58. The summed E-state index contributed by atoms with van der Waals surface area (Å²) in [7, 11) is 0. The van der Waals surface area contributed by atoms with Gasteiger partial charge in [-0.15, -0.1) is 24.5 Å². The molecule has 0 aliphatic carbocycles. The standard InChI is InChI=1S/C20H25F3N4OS/c21-20(22,23)28-17-7-5-15(6-8-17)11-25-19(24)26-12-16-3-1-9-27(13-16)14-18-4-2-10-29-18/h2,4-8,10,16H,1,3,9,11-14H2,(H3,24,25,26). The molecule has 1 atom stereocenters. The number of ether oxygens (including phenoxy) is 1. The van der Waals surface area contributed by atoms with Crippen molar-refractivity contribution in [3.05, 3.63) is 52.2 Å². The number of benzene rings is 1. The zero-order chi connectivity index (χ0) is 20.7. The molecule has 0 amide bonds.